The molecule has 5 nitrogen and oxygen atoms in total. The van der Waals surface area contributed by atoms with E-state index in [2.05, 4.69) is 5.48 Å². The summed E-state index contributed by atoms with van der Waals surface area (Å²) in [6.07, 6.45) is 0. The van der Waals surface area contributed by atoms with E-state index in [0.717, 1.165) is 11.1 Å². The molecular weight excluding hydrogens is 196 g/mol. The SMILES string of the molecule is CONC(C[N+](=O)[O-])c1ccc(C)cc1. The summed E-state index contributed by atoms with van der Waals surface area (Å²) in [6.45, 7) is 1.77. The third kappa shape index (κ3) is 3.65. The fraction of sp³-hybridized carbons (Fsp3) is 0.400. The Morgan fingerprint density at radius 3 is 2.53 bits per heavy atom. The Bertz CT molecular complexity index is 324. The molecule has 1 N–H and O–H groups in total. The Hall–Kier alpha value is -1.46. The van der Waals surface area contributed by atoms with Gasteiger partial charge in [-0.15, -0.1) is 0 Å². The van der Waals surface area contributed by atoms with Crippen molar-refractivity contribution in [3.05, 3.63) is 45.5 Å². The molecule has 1 rings (SSSR count). The number of hydrogen-bond acceptors (Lipinski definition) is 4. The average molecular weight is 210 g/mol. The fourth-order valence-electron chi connectivity index (χ4n) is 1.30. The molecule has 0 aliphatic rings. The van der Waals surface area contributed by atoms with Crippen LogP contribution in [0.15, 0.2) is 24.3 Å². The van der Waals surface area contributed by atoms with Crippen LogP contribution in [-0.2, 0) is 4.84 Å². The third-order valence-electron chi connectivity index (χ3n) is 2.07. The lowest BCUT2D eigenvalue weighted by Gasteiger charge is -2.13. The summed E-state index contributed by atoms with van der Waals surface area (Å²) in [7, 11) is 1.45. The van der Waals surface area contributed by atoms with Crippen LogP contribution in [0.25, 0.3) is 0 Å². The van der Waals surface area contributed by atoms with Gasteiger partial charge in [0.05, 0.1) is 7.11 Å². The van der Waals surface area contributed by atoms with Crippen LogP contribution in [0.5, 0.6) is 0 Å². The molecule has 0 radical (unpaired) electrons. The largest absolute Gasteiger partial charge is 0.304 e. The van der Waals surface area contributed by atoms with Gasteiger partial charge in [0.15, 0.2) is 0 Å². The first-order chi connectivity index (χ1) is 7.13. The minimum absolute atomic E-state index is 0.198. The van der Waals surface area contributed by atoms with E-state index in [0.29, 0.717) is 0 Å². The predicted octanol–water partition coefficient (Wildman–Crippen LogP) is 1.46. The second-order valence-electron chi connectivity index (χ2n) is 3.30. The number of nitro groups is 1. The van der Waals surface area contributed by atoms with Crippen molar-refractivity contribution >= 4 is 0 Å². The van der Waals surface area contributed by atoms with E-state index in [1.807, 2.05) is 31.2 Å². The first-order valence-electron chi connectivity index (χ1n) is 4.60. The highest BCUT2D eigenvalue weighted by Gasteiger charge is 2.16. The van der Waals surface area contributed by atoms with Crippen molar-refractivity contribution in [1.29, 1.82) is 0 Å². The number of hydrogen-bond donors (Lipinski definition) is 1. The molecule has 1 aromatic rings. The summed E-state index contributed by atoms with van der Waals surface area (Å²) in [4.78, 5) is 14.8. The van der Waals surface area contributed by atoms with Crippen LogP contribution in [0.2, 0.25) is 0 Å². The molecule has 0 amide bonds. The zero-order chi connectivity index (χ0) is 11.3. The minimum atomic E-state index is -0.411. The molecule has 0 heterocycles. The zero-order valence-corrected chi connectivity index (χ0v) is 8.77. The van der Waals surface area contributed by atoms with Gasteiger partial charge in [0.1, 0.15) is 6.04 Å². The maximum Gasteiger partial charge on any atom is 0.225 e. The van der Waals surface area contributed by atoms with Gasteiger partial charge in [-0.25, -0.2) is 0 Å². The highest BCUT2D eigenvalue weighted by atomic mass is 16.6. The van der Waals surface area contributed by atoms with Crippen LogP contribution < -0.4 is 5.48 Å². The molecule has 0 fully saturated rings. The number of aryl methyl sites for hydroxylation is 1. The Kier molecular flexibility index (Phi) is 4.20. The number of rotatable bonds is 5. The van der Waals surface area contributed by atoms with Gasteiger partial charge in [-0.3, -0.25) is 10.1 Å². The van der Waals surface area contributed by atoms with E-state index in [4.69, 9.17) is 4.84 Å². The molecule has 15 heavy (non-hydrogen) atoms. The van der Waals surface area contributed by atoms with Gasteiger partial charge in [-0.1, -0.05) is 29.8 Å². The number of hydroxylamine groups is 1. The van der Waals surface area contributed by atoms with Crippen molar-refractivity contribution in [3.8, 4) is 0 Å². The van der Waals surface area contributed by atoms with Gasteiger partial charge in [0.25, 0.3) is 0 Å². The van der Waals surface area contributed by atoms with Gasteiger partial charge in [0.2, 0.25) is 6.54 Å². The summed E-state index contributed by atoms with van der Waals surface area (Å²) in [5.74, 6) is 0. The van der Waals surface area contributed by atoms with Gasteiger partial charge >= 0.3 is 0 Å². The quantitative estimate of drug-likeness (QED) is 0.590. The summed E-state index contributed by atoms with van der Waals surface area (Å²) in [5.41, 5.74) is 4.58. The van der Waals surface area contributed by atoms with Crippen molar-refractivity contribution in [1.82, 2.24) is 5.48 Å². The molecular formula is C10H14N2O3. The smallest absolute Gasteiger partial charge is 0.225 e. The van der Waals surface area contributed by atoms with Crippen LogP contribution >= 0.6 is 0 Å². The van der Waals surface area contributed by atoms with Gasteiger partial charge in [0, 0.05) is 4.92 Å². The molecule has 0 bridgehead atoms. The second kappa shape index (κ2) is 5.43. The van der Waals surface area contributed by atoms with Crippen LogP contribution in [0.4, 0.5) is 0 Å². The molecule has 0 spiro atoms. The van der Waals surface area contributed by atoms with Crippen molar-refractivity contribution in [2.75, 3.05) is 13.7 Å². The van der Waals surface area contributed by atoms with Crippen LogP contribution in [0.1, 0.15) is 17.2 Å². The Balaban J connectivity index is 2.78. The first kappa shape index (κ1) is 11.6. The van der Waals surface area contributed by atoms with Gasteiger partial charge in [-0.05, 0) is 12.5 Å². The highest BCUT2D eigenvalue weighted by molar-refractivity contribution is 5.23. The van der Waals surface area contributed by atoms with E-state index in [1.165, 1.54) is 7.11 Å². The number of nitrogens with zero attached hydrogens (tertiary/aromatic N) is 1. The normalized spacial score (nSPS) is 12.4. The van der Waals surface area contributed by atoms with E-state index in [9.17, 15) is 10.1 Å². The maximum atomic E-state index is 10.4. The van der Waals surface area contributed by atoms with Gasteiger partial charge < -0.3 is 4.84 Å². The molecule has 0 saturated carbocycles. The van der Waals surface area contributed by atoms with Crippen molar-refractivity contribution in [2.45, 2.75) is 13.0 Å². The Morgan fingerprint density at radius 2 is 2.07 bits per heavy atom. The number of benzene rings is 1. The fourth-order valence-corrected chi connectivity index (χ4v) is 1.30. The van der Waals surface area contributed by atoms with E-state index in [-0.39, 0.29) is 11.5 Å². The molecule has 0 saturated heterocycles. The van der Waals surface area contributed by atoms with Gasteiger partial charge in [-0.2, -0.15) is 5.48 Å². The Labute approximate surface area is 88.2 Å². The third-order valence-corrected chi connectivity index (χ3v) is 2.07. The minimum Gasteiger partial charge on any atom is -0.304 e. The zero-order valence-electron chi connectivity index (χ0n) is 8.77. The van der Waals surface area contributed by atoms with Crippen molar-refractivity contribution in [2.24, 2.45) is 0 Å². The molecule has 0 aliphatic carbocycles. The molecule has 1 unspecified atom stereocenters. The van der Waals surface area contributed by atoms with Crippen LogP contribution in [0.3, 0.4) is 0 Å². The van der Waals surface area contributed by atoms with E-state index in [1.54, 1.807) is 0 Å². The molecule has 82 valence electrons. The summed E-state index contributed by atoms with van der Waals surface area (Å²) in [5, 5.41) is 10.4. The summed E-state index contributed by atoms with van der Waals surface area (Å²) >= 11 is 0. The maximum absolute atomic E-state index is 10.4. The monoisotopic (exact) mass is 210 g/mol. The van der Waals surface area contributed by atoms with Crippen LogP contribution in [-0.4, -0.2) is 18.6 Å². The molecule has 5 heteroatoms. The van der Waals surface area contributed by atoms with E-state index >= 15 is 0 Å². The Morgan fingerprint density at radius 1 is 1.47 bits per heavy atom. The topological polar surface area (TPSA) is 64.4 Å². The van der Waals surface area contributed by atoms with Crippen LogP contribution in [0, 0.1) is 17.0 Å². The number of nitrogens with one attached hydrogen (secondary N) is 1. The van der Waals surface area contributed by atoms with E-state index < -0.39 is 6.04 Å². The lowest BCUT2D eigenvalue weighted by molar-refractivity contribution is -0.486. The van der Waals surface area contributed by atoms with Crippen molar-refractivity contribution < 1.29 is 9.76 Å². The molecule has 0 aliphatic heterocycles. The molecule has 0 aromatic heterocycles. The average Bonchev–Trinajstić information content (AvgIpc) is 2.17. The molecule has 1 atom stereocenters. The second-order valence-corrected chi connectivity index (χ2v) is 3.30. The standard InChI is InChI=1S/C10H14N2O3/c1-8-3-5-9(6-4-8)10(11-15-2)7-12(13)14/h3-6,10-11H,7H2,1-2H3. The highest BCUT2D eigenvalue weighted by Crippen LogP contribution is 2.13. The summed E-state index contributed by atoms with van der Waals surface area (Å²) < 4.78 is 0. The molecule has 1 aromatic carbocycles. The van der Waals surface area contributed by atoms with Crippen molar-refractivity contribution in [3.63, 3.8) is 0 Å². The first-order valence-corrected chi connectivity index (χ1v) is 4.60. The lowest BCUT2D eigenvalue weighted by Crippen LogP contribution is -2.26. The predicted molar refractivity (Wildman–Crippen MR) is 55.9 cm³/mol. The lowest BCUT2D eigenvalue weighted by atomic mass is 10.1. The summed E-state index contributed by atoms with van der Waals surface area (Å²) in [6, 6.07) is 7.13.